The van der Waals surface area contributed by atoms with Gasteiger partial charge in [0.25, 0.3) is 0 Å². The number of hydrogen-bond donors (Lipinski definition) is 2. The van der Waals surface area contributed by atoms with Crippen molar-refractivity contribution in [2.24, 2.45) is 5.92 Å². The van der Waals surface area contributed by atoms with Crippen LogP contribution in [0.25, 0.3) is 0 Å². The molecule has 1 atom stereocenters. The quantitative estimate of drug-likeness (QED) is 0.710. The Morgan fingerprint density at radius 2 is 2.07 bits per heavy atom. The third-order valence-electron chi connectivity index (χ3n) is 2.09. The average molecular weight is 232 g/mol. The lowest BCUT2D eigenvalue weighted by atomic mass is 10.1. The molecule has 1 saturated heterocycles. The molecule has 1 amide bonds. The molecule has 0 aliphatic carbocycles. The molecular weight excluding hydrogens is 212 g/mol. The van der Waals surface area contributed by atoms with E-state index >= 15 is 0 Å². The highest BCUT2D eigenvalue weighted by molar-refractivity contribution is 7.85. The van der Waals surface area contributed by atoms with E-state index in [2.05, 4.69) is 10.6 Å². The molecule has 2 N–H and O–H groups in total. The normalized spacial score (nSPS) is 19.4. The van der Waals surface area contributed by atoms with Crippen molar-refractivity contribution in [1.29, 1.82) is 0 Å². The Balaban J connectivity index is 2.21. The van der Waals surface area contributed by atoms with Crippen molar-refractivity contribution in [1.82, 2.24) is 10.6 Å². The summed E-state index contributed by atoms with van der Waals surface area (Å²) >= 11 is 0. The first kappa shape index (κ1) is 12.6. The highest BCUT2D eigenvalue weighted by atomic mass is 32.2. The van der Waals surface area contributed by atoms with E-state index in [1.807, 2.05) is 20.8 Å². The summed E-state index contributed by atoms with van der Waals surface area (Å²) in [6.45, 7) is 7.64. The molecule has 1 rings (SSSR count). The molecule has 0 aromatic carbocycles. The monoisotopic (exact) mass is 232 g/mol. The lowest BCUT2D eigenvalue weighted by molar-refractivity contribution is -0.119. The van der Waals surface area contributed by atoms with Crippen LogP contribution < -0.4 is 10.6 Å². The van der Waals surface area contributed by atoms with Crippen LogP contribution in [0.1, 0.15) is 20.8 Å². The van der Waals surface area contributed by atoms with E-state index in [4.69, 9.17) is 0 Å². The van der Waals surface area contributed by atoms with Crippen molar-refractivity contribution in [3.8, 4) is 0 Å². The van der Waals surface area contributed by atoms with Crippen molar-refractivity contribution in [2.75, 3.05) is 24.6 Å². The first-order chi connectivity index (χ1) is 6.87. The Bertz CT molecular complexity index is 257. The SMILES string of the molecule is CC(C)(C)NC(=O)CS(=O)CC1CNC1. The molecule has 88 valence electrons. The van der Waals surface area contributed by atoms with E-state index in [1.165, 1.54) is 0 Å². The van der Waals surface area contributed by atoms with Crippen LogP contribution in [-0.4, -0.2) is 40.3 Å². The second kappa shape index (κ2) is 5.07. The fourth-order valence-corrected chi connectivity index (χ4v) is 2.63. The van der Waals surface area contributed by atoms with Gasteiger partial charge in [-0.2, -0.15) is 0 Å². The maximum absolute atomic E-state index is 11.6. The first-order valence-electron chi connectivity index (χ1n) is 5.23. The van der Waals surface area contributed by atoms with Crippen LogP contribution in [0.2, 0.25) is 0 Å². The van der Waals surface area contributed by atoms with Gasteiger partial charge in [-0.3, -0.25) is 9.00 Å². The van der Waals surface area contributed by atoms with Gasteiger partial charge in [-0.1, -0.05) is 0 Å². The zero-order chi connectivity index (χ0) is 11.5. The standard InChI is InChI=1S/C10H20N2O2S/c1-10(2,3)12-9(13)7-15(14)6-8-4-11-5-8/h8,11H,4-7H2,1-3H3,(H,12,13). The van der Waals surface area contributed by atoms with Gasteiger partial charge >= 0.3 is 0 Å². The van der Waals surface area contributed by atoms with Gasteiger partial charge in [0.05, 0.1) is 0 Å². The number of nitrogens with one attached hydrogen (secondary N) is 2. The Morgan fingerprint density at radius 1 is 1.47 bits per heavy atom. The largest absolute Gasteiger partial charge is 0.351 e. The van der Waals surface area contributed by atoms with Crippen molar-refractivity contribution in [3.05, 3.63) is 0 Å². The van der Waals surface area contributed by atoms with Crippen LogP contribution in [0, 0.1) is 5.92 Å². The van der Waals surface area contributed by atoms with Gasteiger partial charge in [0.15, 0.2) is 0 Å². The summed E-state index contributed by atoms with van der Waals surface area (Å²) in [6.07, 6.45) is 0. The molecule has 15 heavy (non-hydrogen) atoms. The number of carbonyl (C=O) groups is 1. The van der Waals surface area contributed by atoms with E-state index in [9.17, 15) is 9.00 Å². The third-order valence-corrected chi connectivity index (χ3v) is 3.52. The van der Waals surface area contributed by atoms with Crippen molar-refractivity contribution >= 4 is 16.7 Å². The number of amides is 1. The molecule has 1 fully saturated rings. The van der Waals surface area contributed by atoms with Gasteiger partial charge < -0.3 is 10.6 Å². The van der Waals surface area contributed by atoms with E-state index in [0.717, 1.165) is 13.1 Å². The Hall–Kier alpha value is -0.420. The van der Waals surface area contributed by atoms with Gasteiger partial charge in [-0.25, -0.2) is 0 Å². The zero-order valence-electron chi connectivity index (χ0n) is 9.63. The molecule has 0 saturated carbocycles. The smallest absolute Gasteiger partial charge is 0.233 e. The minimum atomic E-state index is -1.02. The predicted octanol–water partition coefficient (Wildman–Crippen LogP) is -0.131. The fourth-order valence-electron chi connectivity index (χ4n) is 1.39. The summed E-state index contributed by atoms with van der Waals surface area (Å²) in [5.74, 6) is 1.15. The second-order valence-corrected chi connectivity index (χ2v) is 6.57. The molecule has 0 bridgehead atoms. The van der Waals surface area contributed by atoms with Crippen LogP contribution >= 0.6 is 0 Å². The van der Waals surface area contributed by atoms with Gasteiger partial charge in [-0.05, 0) is 26.7 Å². The maximum Gasteiger partial charge on any atom is 0.233 e. The topological polar surface area (TPSA) is 58.2 Å². The number of hydrogen-bond acceptors (Lipinski definition) is 3. The molecule has 0 radical (unpaired) electrons. The van der Waals surface area contributed by atoms with Crippen LogP contribution in [0.15, 0.2) is 0 Å². The summed E-state index contributed by atoms with van der Waals surface area (Å²) < 4.78 is 11.6. The molecule has 0 spiro atoms. The summed E-state index contributed by atoms with van der Waals surface area (Å²) in [4.78, 5) is 11.4. The van der Waals surface area contributed by atoms with E-state index in [0.29, 0.717) is 11.7 Å². The molecule has 1 heterocycles. The summed E-state index contributed by atoms with van der Waals surface area (Å²) in [7, 11) is -1.02. The minimum Gasteiger partial charge on any atom is -0.351 e. The highest BCUT2D eigenvalue weighted by Crippen LogP contribution is 2.05. The minimum absolute atomic E-state index is 0.117. The van der Waals surface area contributed by atoms with Crippen LogP contribution in [0.3, 0.4) is 0 Å². The molecule has 0 aromatic rings. The van der Waals surface area contributed by atoms with E-state index in [-0.39, 0.29) is 17.2 Å². The molecule has 1 aliphatic heterocycles. The molecule has 4 nitrogen and oxygen atoms in total. The lowest BCUT2D eigenvalue weighted by Crippen LogP contribution is -2.46. The number of rotatable bonds is 4. The van der Waals surface area contributed by atoms with Crippen molar-refractivity contribution in [3.63, 3.8) is 0 Å². The van der Waals surface area contributed by atoms with Crippen molar-refractivity contribution < 1.29 is 9.00 Å². The molecule has 0 aromatic heterocycles. The van der Waals surface area contributed by atoms with Crippen molar-refractivity contribution in [2.45, 2.75) is 26.3 Å². The van der Waals surface area contributed by atoms with Crippen LogP contribution in [0.5, 0.6) is 0 Å². The summed E-state index contributed by atoms with van der Waals surface area (Å²) in [5, 5.41) is 5.93. The average Bonchev–Trinajstić information content (AvgIpc) is 1.92. The lowest BCUT2D eigenvalue weighted by Gasteiger charge is -2.26. The Labute approximate surface area is 93.7 Å². The van der Waals surface area contributed by atoms with Gasteiger partial charge in [-0.15, -0.1) is 0 Å². The molecule has 5 heteroatoms. The molecule has 1 unspecified atom stereocenters. The van der Waals surface area contributed by atoms with Crippen LogP contribution in [0.4, 0.5) is 0 Å². The van der Waals surface area contributed by atoms with Crippen LogP contribution in [-0.2, 0) is 15.6 Å². The fraction of sp³-hybridized carbons (Fsp3) is 0.900. The van der Waals surface area contributed by atoms with Gasteiger partial charge in [0, 0.05) is 35.2 Å². The zero-order valence-corrected chi connectivity index (χ0v) is 10.4. The third kappa shape index (κ3) is 5.28. The maximum atomic E-state index is 11.6. The van der Waals surface area contributed by atoms with Gasteiger partial charge in [0.2, 0.25) is 5.91 Å². The molecule has 1 aliphatic rings. The summed E-state index contributed by atoms with van der Waals surface area (Å²) in [5.41, 5.74) is -0.237. The number of carbonyl (C=O) groups excluding carboxylic acids is 1. The second-order valence-electron chi connectivity index (χ2n) is 5.07. The molecular formula is C10H20N2O2S. The van der Waals surface area contributed by atoms with E-state index < -0.39 is 10.8 Å². The highest BCUT2D eigenvalue weighted by Gasteiger charge is 2.21. The first-order valence-corrected chi connectivity index (χ1v) is 6.72. The predicted molar refractivity (Wildman–Crippen MR) is 62.1 cm³/mol. The Kier molecular flexibility index (Phi) is 4.28. The van der Waals surface area contributed by atoms with E-state index in [1.54, 1.807) is 0 Å². The van der Waals surface area contributed by atoms with Gasteiger partial charge in [0.1, 0.15) is 5.75 Å². The Morgan fingerprint density at radius 3 is 2.47 bits per heavy atom. The summed E-state index contributed by atoms with van der Waals surface area (Å²) in [6, 6.07) is 0.